The summed E-state index contributed by atoms with van der Waals surface area (Å²) in [5.41, 5.74) is 1.29. The maximum absolute atomic E-state index is 13.0. The van der Waals surface area contributed by atoms with Crippen LogP contribution in [0.5, 0.6) is 0 Å². The lowest BCUT2D eigenvalue weighted by molar-refractivity contribution is 0.0116. The van der Waals surface area contributed by atoms with E-state index in [1.807, 2.05) is 11.9 Å². The molecule has 118 valence electrons. The van der Waals surface area contributed by atoms with Crippen LogP contribution in [0.3, 0.4) is 0 Å². The Balaban J connectivity index is 2.79. The van der Waals surface area contributed by atoms with Crippen LogP contribution < -0.4 is 0 Å². The number of carbonyl (C=O) groups excluding carboxylic acids is 1. The van der Waals surface area contributed by atoms with E-state index in [4.69, 9.17) is 4.98 Å². The largest absolute Gasteiger partial charge is 0.334 e. The molecule has 1 aliphatic heterocycles. The minimum absolute atomic E-state index is 0.0619. The number of fused-ring (bicyclic) bond motifs is 1. The molecule has 2 heterocycles. The molecule has 0 saturated heterocycles. The molecule has 0 fully saturated rings. The Morgan fingerprint density at radius 1 is 1.05 bits per heavy atom. The van der Waals surface area contributed by atoms with E-state index in [2.05, 4.69) is 60.0 Å². The summed E-state index contributed by atoms with van der Waals surface area (Å²) in [5.74, 6) is 1.36. The normalized spacial score (nSPS) is 20.3. The summed E-state index contributed by atoms with van der Waals surface area (Å²) in [5, 5.41) is 0. The number of imidazole rings is 1. The van der Waals surface area contributed by atoms with Crippen molar-refractivity contribution in [2.75, 3.05) is 0 Å². The zero-order valence-corrected chi connectivity index (χ0v) is 14.9. The molecule has 0 bridgehead atoms. The highest BCUT2D eigenvalue weighted by atomic mass is 16.2. The first kappa shape index (κ1) is 16.1. The highest BCUT2D eigenvalue weighted by molar-refractivity contribution is 5.96. The van der Waals surface area contributed by atoms with Crippen molar-refractivity contribution in [1.82, 2.24) is 14.5 Å². The average Bonchev–Trinajstić information content (AvgIpc) is 2.65. The predicted octanol–water partition coefficient (Wildman–Crippen LogP) is 3.46. The molecule has 0 spiro atoms. The van der Waals surface area contributed by atoms with Crippen LogP contribution in [0.25, 0.3) is 0 Å². The van der Waals surface area contributed by atoms with E-state index in [9.17, 15) is 4.79 Å². The summed E-state index contributed by atoms with van der Waals surface area (Å²) < 4.78 is 2.14. The summed E-state index contributed by atoms with van der Waals surface area (Å²) in [6.07, 6.45) is 0. The molecule has 0 unspecified atom stereocenters. The molecule has 1 aromatic heterocycles. The Hall–Kier alpha value is -1.32. The van der Waals surface area contributed by atoms with Crippen LogP contribution in [0.1, 0.15) is 83.3 Å². The molecule has 4 heteroatoms. The Bertz CT molecular complexity index is 579. The number of hydrogen-bond acceptors (Lipinski definition) is 2. The monoisotopic (exact) mass is 291 g/mol. The fraction of sp³-hybridized carbons (Fsp3) is 0.765. The third kappa shape index (κ3) is 1.95. The standard InChI is InChI=1S/C17H29N3O/c1-10(2)14-18-12-13(19(14)9)16(5,6)17(7,8)20(11(3)4)15(12)21/h10-11H,1-9H3. The molecule has 0 N–H and O–H groups in total. The van der Waals surface area contributed by atoms with Gasteiger partial charge in [-0.2, -0.15) is 0 Å². The van der Waals surface area contributed by atoms with Gasteiger partial charge in [-0.1, -0.05) is 27.7 Å². The summed E-state index contributed by atoms with van der Waals surface area (Å²) >= 11 is 0. The van der Waals surface area contributed by atoms with Gasteiger partial charge >= 0.3 is 0 Å². The molecule has 0 aromatic carbocycles. The van der Waals surface area contributed by atoms with Gasteiger partial charge in [0.1, 0.15) is 5.82 Å². The van der Waals surface area contributed by atoms with Crippen LogP contribution in [0.4, 0.5) is 0 Å². The molecule has 21 heavy (non-hydrogen) atoms. The lowest BCUT2D eigenvalue weighted by atomic mass is 9.67. The first-order valence-electron chi connectivity index (χ1n) is 7.85. The molecule has 2 rings (SSSR count). The van der Waals surface area contributed by atoms with Gasteiger partial charge in [-0.25, -0.2) is 4.98 Å². The third-order valence-electron chi connectivity index (χ3n) is 5.31. The van der Waals surface area contributed by atoms with Crippen molar-refractivity contribution < 1.29 is 4.79 Å². The van der Waals surface area contributed by atoms with E-state index >= 15 is 0 Å². The fourth-order valence-electron chi connectivity index (χ4n) is 3.74. The van der Waals surface area contributed by atoms with Gasteiger partial charge in [-0.05, 0) is 27.7 Å². The van der Waals surface area contributed by atoms with Crippen molar-refractivity contribution in [2.24, 2.45) is 7.05 Å². The average molecular weight is 291 g/mol. The van der Waals surface area contributed by atoms with E-state index in [-0.39, 0.29) is 22.9 Å². The Morgan fingerprint density at radius 3 is 2.00 bits per heavy atom. The van der Waals surface area contributed by atoms with Gasteiger partial charge in [0, 0.05) is 30.0 Å². The van der Waals surface area contributed by atoms with Crippen molar-refractivity contribution in [1.29, 1.82) is 0 Å². The Kier molecular flexibility index (Phi) is 3.51. The Morgan fingerprint density at radius 2 is 1.57 bits per heavy atom. The molecule has 0 saturated carbocycles. The van der Waals surface area contributed by atoms with Crippen LogP contribution >= 0.6 is 0 Å². The second-order valence-corrected chi connectivity index (χ2v) is 7.83. The van der Waals surface area contributed by atoms with Gasteiger partial charge in [-0.15, -0.1) is 0 Å². The quantitative estimate of drug-likeness (QED) is 0.837. The number of rotatable bonds is 2. The molecule has 1 amide bonds. The zero-order valence-electron chi connectivity index (χ0n) is 14.9. The first-order valence-corrected chi connectivity index (χ1v) is 7.85. The molecule has 1 aromatic rings. The van der Waals surface area contributed by atoms with E-state index in [0.29, 0.717) is 11.6 Å². The second-order valence-electron chi connectivity index (χ2n) is 7.83. The lowest BCUT2D eigenvalue weighted by Gasteiger charge is -2.54. The SMILES string of the molecule is CC(C)c1nc2c(n1C)C(C)(C)C(C)(C)N(C(C)C)C2=O. The number of carbonyl (C=O) groups is 1. The molecule has 1 aliphatic rings. The van der Waals surface area contributed by atoms with Gasteiger partial charge in [0.15, 0.2) is 5.69 Å². The minimum Gasteiger partial charge on any atom is -0.334 e. The van der Waals surface area contributed by atoms with Crippen LogP contribution in [0, 0.1) is 0 Å². The zero-order chi connectivity index (χ0) is 16.3. The highest BCUT2D eigenvalue weighted by Gasteiger charge is 2.54. The smallest absolute Gasteiger partial charge is 0.275 e. The topological polar surface area (TPSA) is 38.1 Å². The first-order chi connectivity index (χ1) is 9.44. The maximum atomic E-state index is 13.0. The van der Waals surface area contributed by atoms with E-state index in [0.717, 1.165) is 11.5 Å². The number of hydrogen-bond donors (Lipinski definition) is 0. The predicted molar refractivity (Wildman–Crippen MR) is 85.7 cm³/mol. The van der Waals surface area contributed by atoms with Crippen molar-refractivity contribution in [3.05, 3.63) is 17.2 Å². The third-order valence-corrected chi connectivity index (χ3v) is 5.31. The molecular weight excluding hydrogens is 262 g/mol. The molecule has 0 aliphatic carbocycles. The summed E-state index contributed by atoms with van der Waals surface area (Å²) in [7, 11) is 2.04. The van der Waals surface area contributed by atoms with Gasteiger partial charge < -0.3 is 9.47 Å². The van der Waals surface area contributed by atoms with E-state index in [1.165, 1.54) is 0 Å². The van der Waals surface area contributed by atoms with E-state index < -0.39 is 0 Å². The summed E-state index contributed by atoms with van der Waals surface area (Å²) in [6, 6.07) is 0.157. The van der Waals surface area contributed by atoms with Gasteiger partial charge in [0.05, 0.1) is 5.69 Å². The van der Waals surface area contributed by atoms with Crippen LogP contribution in [0.15, 0.2) is 0 Å². The van der Waals surface area contributed by atoms with Gasteiger partial charge in [-0.3, -0.25) is 4.79 Å². The fourth-order valence-corrected chi connectivity index (χ4v) is 3.74. The second kappa shape index (κ2) is 4.59. The number of amides is 1. The van der Waals surface area contributed by atoms with Crippen molar-refractivity contribution in [2.45, 2.75) is 78.3 Å². The van der Waals surface area contributed by atoms with Crippen molar-refractivity contribution >= 4 is 5.91 Å². The number of aromatic nitrogens is 2. The summed E-state index contributed by atoms with van der Waals surface area (Å²) in [6.45, 7) is 17.2. The highest BCUT2D eigenvalue weighted by Crippen LogP contribution is 2.46. The molecule has 0 atom stereocenters. The van der Waals surface area contributed by atoms with Crippen LogP contribution in [-0.2, 0) is 12.5 Å². The summed E-state index contributed by atoms with van der Waals surface area (Å²) in [4.78, 5) is 19.7. The van der Waals surface area contributed by atoms with Gasteiger partial charge in [0.2, 0.25) is 0 Å². The Labute approximate surface area is 128 Å². The van der Waals surface area contributed by atoms with Crippen molar-refractivity contribution in [3.8, 4) is 0 Å². The minimum atomic E-state index is -0.257. The van der Waals surface area contributed by atoms with E-state index in [1.54, 1.807) is 0 Å². The molecule has 0 radical (unpaired) electrons. The number of nitrogens with zero attached hydrogens (tertiary/aromatic N) is 3. The maximum Gasteiger partial charge on any atom is 0.275 e. The van der Waals surface area contributed by atoms with Crippen LogP contribution in [-0.4, -0.2) is 31.9 Å². The van der Waals surface area contributed by atoms with Crippen molar-refractivity contribution in [3.63, 3.8) is 0 Å². The van der Waals surface area contributed by atoms with Crippen LogP contribution in [0.2, 0.25) is 0 Å². The molecule has 4 nitrogen and oxygen atoms in total. The lowest BCUT2D eigenvalue weighted by Crippen LogP contribution is -2.64. The van der Waals surface area contributed by atoms with Gasteiger partial charge in [0.25, 0.3) is 5.91 Å². The molecular formula is C17H29N3O.